The maximum Gasteiger partial charge on any atom is 0.0708 e. The summed E-state index contributed by atoms with van der Waals surface area (Å²) in [6.07, 6.45) is 8.46. The van der Waals surface area contributed by atoms with Crippen LogP contribution in [-0.4, -0.2) is 23.7 Å². The van der Waals surface area contributed by atoms with Crippen LogP contribution in [0.1, 0.15) is 0 Å². The average molecular weight is 361 g/mol. The zero-order valence-electron chi connectivity index (χ0n) is 13.5. The molecule has 4 rings (SSSR count). The largest absolute Gasteiger partial charge is 0.755 e. The van der Waals surface area contributed by atoms with E-state index in [2.05, 4.69) is 19.7 Å². The SMILES string of the molecule is O=S([O-])Nc1cncc(-c2ccc3nccc(-c4ccncc4)c3c2)c1. The van der Waals surface area contributed by atoms with Crippen LogP contribution in [-0.2, 0) is 11.3 Å². The summed E-state index contributed by atoms with van der Waals surface area (Å²) >= 11 is -2.39. The summed E-state index contributed by atoms with van der Waals surface area (Å²) in [5.74, 6) is 0. The molecule has 0 fully saturated rings. The fourth-order valence-corrected chi connectivity index (χ4v) is 3.16. The lowest BCUT2D eigenvalue weighted by Gasteiger charge is -2.11. The summed E-state index contributed by atoms with van der Waals surface area (Å²) < 4.78 is 24.0. The highest BCUT2D eigenvalue weighted by molar-refractivity contribution is 7.80. The van der Waals surface area contributed by atoms with Crippen molar-refractivity contribution in [3.63, 3.8) is 0 Å². The number of nitrogens with one attached hydrogen (secondary N) is 1. The van der Waals surface area contributed by atoms with Crippen molar-refractivity contribution in [1.82, 2.24) is 15.0 Å². The van der Waals surface area contributed by atoms with Crippen LogP contribution in [0, 0.1) is 0 Å². The van der Waals surface area contributed by atoms with Gasteiger partial charge in [0.05, 0.1) is 17.4 Å². The molecule has 1 aromatic carbocycles. The molecule has 1 atom stereocenters. The first-order valence-electron chi connectivity index (χ1n) is 7.81. The van der Waals surface area contributed by atoms with Crippen molar-refractivity contribution in [3.05, 3.63) is 73.4 Å². The van der Waals surface area contributed by atoms with Crippen LogP contribution in [0.3, 0.4) is 0 Å². The van der Waals surface area contributed by atoms with E-state index in [-0.39, 0.29) is 0 Å². The highest BCUT2D eigenvalue weighted by Crippen LogP contribution is 2.31. The van der Waals surface area contributed by atoms with Crippen LogP contribution >= 0.6 is 0 Å². The van der Waals surface area contributed by atoms with Crippen LogP contribution in [0.4, 0.5) is 5.69 Å². The van der Waals surface area contributed by atoms with Gasteiger partial charge in [-0.05, 0) is 53.1 Å². The molecular weight excluding hydrogens is 348 g/mol. The number of hydrogen-bond donors (Lipinski definition) is 1. The molecule has 1 N–H and O–H groups in total. The van der Waals surface area contributed by atoms with E-state index < -0.39 is 11.3 Å². The maximum atomic E-state index is 10.8. The Hall–Kier alpha value is -3.16. The van der Waals surface area contributed by atoms with Gasteiger partial charge < -0.3 is 9.27 Å². The second-order valence-corrected chi connectivity index (χ2v) is 6.30. The number of benzene rings is 1. The first-order valence-corrected chi connectivity index (χ1v) is 8.89. The van der Waals surface area contributed by atoms with Gasteiger partial charge in [-0.25, -0.2) is 0 Å². The Morgan fingerprint density at radius 2 is 1.69 bits per heavy atom. The van der Waals surface area contributed by atoms with E-state index in [1.54, 1.807) is 30.9 Å². The molecule has 0 aliphatic rings. The molecule has 6 nitrogen and oxygen atoms in total. The van der Waals surface area contributed by atoms with E-state index in [1.165, 1.54) is 6.20 Å². The number of nitrogens with zero attached hydrogens (tertiary/aromatic N) is 3. The molecule has 3 aromatic heterocycles. The normalized spacial score (nSPS) is 12.0. The molecule has 0 amide bonds. The lowest BCUT2D eigenvalue weighted by Crippen LogP contribution is -2.02. The molecule has 7 heteroatoms. The van der Waals surface area contributed by atoms with Crippen molar-refractivity contribution in [2.45, 2.75) is 0 Å². The van der Waals surface area contributed by atoms with Crippen LogP contribution < -0.4 is 4.72 Å². The Balaban J connectivity index is 1.84. The molecule has 0 aliphatic carbocycles. The van der Waals surface area contributed by atoms with Gasteiger partial charge in [-0.2, -0.15) is 0 Å². The molecule has 4 aromatic rings. The fraction of sp³-hybridized carbons (Fsp3) is 0. The lowest BCUT2D eigenvalue weighted by molar-refractivity contribution is 0.542. The molecule has 0 aliphatic heterocycles. The van der Waals surface area contributed by atoms with Crippen molar-refractivity contribution in [3.8, 4) is 22.3 Å². The topological polar surface area (TPSA) is 90.8 Å². The molecule has 0 saturated carbocycles. The van der Waals surface area contributed by atoms with Crippen molar-refractivity contribution in [1.29, 1.82) is 0 Å². The highest BCUT2D eigenvalue weighted by Gasteiger charge is 2.07. The summed E-state index contributed by atoms with van der Waals surface area (Å²) in [6, 6.07) is 13.5. The summed E-state index contributed by atoms with van der Waals surface area (Å²) in [5.41, 5.74) is 5.14. The van der Waals surface area contributed by atoms with Gasteiger partial charge in [0.15, 0.2) is 0 Å². The third kappa shape index (κ3) is 3.30. The number of rotatable bonds is 4. The fourth-order valence-electron chi connectivity index (χ4n) is 2.86. The first-order chi connectivity index (χ1) is 12.7. The molecule has 26 heavy (non-hydrogen) atoms. The minimum atomic E-state index is -2.39. The van der Waals surface area contributed by atoms with E-state index in [1.807, 2.05) is 36.4 Å². The van der Waals surface area contributed by atoms with Crippen LogP contribution in [0.5, 0.6) is 0 Å². The zero-order chi connectivity index (χ0) is 17.9. The quantitative estimate of drug-likeness (QED) is 0.561. The van der Waals surface area contributed by atoms with Crippen molar-refractivity contribution in [2.24, 2.45) is 0 Å². The number of pyridine rings is 3. The third-order valence-electron chi connectivity index (χ3n) is 4.01. The van der Waals surface area contributed by atoms with E-state index in [4.69, 9.17) is 0 Å². The van der Waals surface area contributed by atoms with Crippen molar-refractivity contribution in [2.75, 3.05) is 4.72 Å². The number of hydrogen-bond acceptors (Lipinski definition) is 5. The Labute approximate surface area is 152 Å². The molecule has 0 spiro atoms. The minimum Gasteiger partial charge on any atom is -0.755 e. The zero-order valence-corrected chi connectivity index (χ0v) is 14.3. The summed E-state index contributed by atoms with van der Waals surface area (Å²) in [4.78, 5) is 12.6. The molecular formula is C19H13N4O2S-. The smallest absolute Gasteiger partial charge is 0.0708 e. The first kappa shape index (κ1) is 16.3. The van der Waals surface area contributed by atoms with E-state index in [0.29, 0.717) is 5.69 Å². The van der Waals surface area contributed by atoms with E-state index in [0.717, 1.165) is 33.2 Å². The monoisotopic (exact) mass is 361 g/mol. The molecule has 3 heterocycles. The third-order valence-corrected chi connectivity index (χ3v) is 4.41. The van der Waals surface area contributed by atoms with Gasteiger partial charge in [0.2, 0.25) is 0 Å². The van der Waals surface area contributed by atoms with Gasteiger partial charge in [-0.15, -0.1) is 0 Å². The molecule has 0 radical (unpaired) electrons. The Kier molecular flexibility index (Phi) is 4.39. The number of anilines is 1. The predicted octanol–water partition coefficient (Wildman–Crippen LogP) is 3.56. The van der Waals surface area contributed by atoms with E-state index >= 15 is 0 Å². The van der Waals surface area contributed by atoms with Gasteiger partial charge in [-0.1, -0.05) is 6.07 Å². The number of fused-ring (bicyclic) bond motifs is 1. The summed E-state index contributed by atoms with van der Waals surface area (Å²) in [5, 5.41) is 1.00. The summed E-state index contributed by atoms with van der Waals surface area (Å²) in [6.45, 7) is 0. The summed E-state index contributed by atoms with van der Waals surface area (Å²) in [7, 11) is 0. The standard InChI is InChI=1S/C19H14N4O2S/c24-26(25)23-16-9-15(11-21-12-16)14-1-2-19-18(10-14)17(5-8-22-19)13-3-6-20-7-4-13/h1-12,23H,(H,24,25)/p-1. The Bertz CT molecular complexity index is 1100. The second-order valence-electron chi connectivity index (χ2n) is 5.63. The van der Waals surface area contributed by atoms with Crippen LogP contribution in [0.25, 0.3) is 33.2 Å². The molecule has 128 valence electrons. The molecule has 0 saturated heterocycles. The van der Waals surface area contributed by atoms with Gasteiger partial charge in [0.1, 0.15) is 0 Å². The lowest BCUT2D eigenvalue weighted by atomic mass is 9.98. The Morgan fingerprint density at radius 1 is 0.846 bits per heavy atom. The maximum absolute atomic E-state index is 10.8. The highest BCUT2D eigenvalue weighted by atomic mass is 32.2. The minimum absolute atomic E-state index is 0.413. The Morgan fingerprint density at radius 3 is 2.50 bits per heavy atom. The number of aromatic nitrogens is 3. The van der Waals surface area contributed by atoms with E-state index in [9.17, 15) is 8.76 Å². The van der Waals surface area contributed by atoms with Gasteiger partial charge in [0, 0.05) is 47.0 Å². The second kappa shape index (κ2) is 6.99. The van der Waals surface area contributed by atoms with Crippen LogP contribution in [0.2, 0.25) is 0 Å². The van der Waals surface area contributed by atoms with Gasteiger partial charge in [0.25, 0.3) is 0 Å². The van der Waals surface area contributed by atoms with Gasteiger partial charge in [-0.3, -0.25) is 19.2 Å². The average Bonchev–Trinajstić information content (AvgIpc) is 2.67. The predicted molar refractivity (Wildman–Crippen MR) is 101 cm³/mol. The molecule has 0 bridgehead atoms. The van der Waals surface area contributed by atoms with Crippen molar-refractivity contribution >= 4 is 27.9 Å². The van der Waals surface area contributed by atoms with Gasteiger partial charge >= 0.3 is 0 Å². The van der Waals surface area contributed by atoms with Crippen LogP contribution in [0.15, 0.2) is 73.4 Å². The van der Waals surface area contributed by atoms with Crippen molar-refractivity contribution < 1.29 is 8.76 Å². The molecule has 1 unspecified atom stereocenters.